The number of nitrogens with zero attached hydrogens (tertiary/aromatic N) is 3. The first-order valence-corrected chi connectivity index (χ1v) is 8.20. The summed E-state index contributed by atoms with van der Waals surface area (Å²) in [6.07, 6.45) is 3.45. The van der Waals surface area contributed by atoms with Crippen LogP contribution < -0.4 is 5.69 Å². The van der Waals surface area contributed by atoms with Crippen molar-refractivity contribution in [3.63, 3.8) is 0 Å². The summed E-state index contributed by atoms with van der Waals surface area (Å²) in [4.78, 5) is 29.5. The Morgan fingerprint density at radius 3 is 2.80 bits per heavy atom. The van der Waals surface area contributed by atoms with E-state index in [0.29, 0.717) is 19.6 Å². The fraction of sp³-hybridized carbons (Fsp3) is 0.389. The zero-order valence-corrected chi connectivity index (χ0v) is 13.9. The van der Waals surface area contributed by atoms with Gasteiger partial charge in [-0.2, -0.15) is 0 Å². The third-order valence-corrected chi connectivity index (χ3v) is 4.35. The van der Waals surface area contributed by atoms with E-state index in [0.717, 1.165) is 5.56 Å². The molecular formula is C18H21N3O4. The molecule has 1 aromatic carbocycles. The summed E-state index contributed by atoms with van der Waals surface area (Å²) in [7, 11) is 0. The number of amides is 1. The fourth-order valence-electron chi connectivity index (χ4n) is 3.04. The molecule has 3 rings (SSSR count). The normalized spacial score (nSPS) is 20.4. The number of benzene rings is 1. The van der Waals surface area contributed by atoms with Gasteiger partial charge in [0.2, 0.25) is 5.91 Å². The van der Waals surface area contributed by atoms with Crippen LogP contribution in [-0.4, -0.2) is 57.4 Å². The summed E-state index contributed by atoms with van der Waals surface area (Å²) in [6.45, 7) is 0.815. The molecule has 1 saturated heterocycles. The van der Waals surface area contributed by atoms with Crippen LogP contribution in [0.15, 0.2) is 53.6 Å². The lowest BCUT2D eigenvalue weighted by Crippen LogP contribution is -2.57. The Morgan fingerprint density at radius 2 is 2.08 bits per heavy atom. The number of hydrogen-bond donors (Lipinski definition) is 1. The smallest absolute Gasteiger partial charge is 0.347 e. The maximum absolute atomic E-state index is 12.6. The fourth-order valence-corrected chi connectivity index (χ4v) is 3.04. The van der Waals surface area contributed by atoms with E-state index < -0.39 is 11.3 Å². The molecule has 1 aliphatic rings. The van der Waals surface area contributed by atoms with Gasteiger partial charge in [0.1, 0.15) is 12.1 Å². The molecular weight excluding hydrogens is 322 g/mol. The van der Waals surface area contributed by atoms with Crippen molar-refractivity contribution in [3.05, 3.63) is 64.8 Å². The molecule has 0 aliphatic carbocycles. The molecule has 7 heteroatoms. The highest BCUT2D eigenvalue weighted by Gasteiger charge is 2.38. The molecule has 1 N–H and O–H groups in total. The minimum absolute atomic E-state index is 0.0699. The average Bonchev–Trinajstić information content (AvgIpc) is 2.64. The van der Waals surface area contributed by atoms with E-state index in [1.165, 1.54) is 17.0 Å². The highest BCUT2D eigenvalue weighted by atomic mass is 16.5. The number of aliphatic hydroxyl groups excluding tert-OH is 1. The van der Waals surface area contributed by atoms with Crippen LogP contribution in [-0.2, 0) is 22.5 Å². The SMILES string of the molecule is O=C(Cn1cccnc1=O)N1CCOC(CO)(Cc2ccccc2)C1. The Labute approximate surface area is 145 Å². The molecule has 1 aliphatic heterocycles. The van der Waals surface area contributed by atoms with Crippen LogP contribution >= 0.6 is 0 Å². The third-order valence-electron chi connectivity index (χ3n) is 4.35. The highest BCUT2D eigenvalue weighted by molar-refractivity contribution is 5.76. The third kappa shape index (κ3) is 4.12. The van der Waals surface area contributed by atoms with Crippen molar-refractivity contribution in [1.82, 2.24) is 14.5 Å². The Bertz CT molecular complexity index is 777. The van der Waals surface area contributed by atoms with E-state index in [2.05, 4.69) is 4.98 Å². The number of aromatic nitrogens is 2. The molecule has 1 aromatic heterocycles. The molecule has 0 spiro atoms. The van der Waals surface area contributed by atoms with Gasteiger partial charge < -0.3 is 14.7 Å². The van der Waals surface area contributed by atoms with Gasteiger partial charge in [0, 0.05) is 25.4 Å². The molecule has 25 heavy (non-hydrogen) atoms. The number of hydrogen-bond acceptors (Lipinski definition) is 5. The Hall–Kier alpha value is -2.51. The van der Waals surface area contributed by atoms with E-state index in [9.17, 15) is 14.7 Å². The lowest BCUT2D eigenvalue weighted by molar-refractivity contribution is -0.158. The van der Waals surface area contributed by atoms with Crippen molar-refractivity contribution >= 4 is 5.91 Å². The first kappa shape index (κ1) is 17.3. The highest BCUT2D eigenvalue weighted by Crippen LogP contribution is 2.23. The van der Waals surface area contributed by atoms with Crippen LogP contribution in [0.4, 0.5) is 0 Å². The van der Waals surface area contributed by atoms with Crippen LogP contribution in [0, 0.1) is 0 Å². The molecule has 0 saturated carbocycles. The van der Waals surface area contributed by atoms with Gasteiger partial charge in [0.25, 0.3) is 0 Å². The minimum atomic E-state index is -0.824. The lowest BCUT2D eigenvalue weighted by Gasteiger charge is -2.42. The number of carbonyl (C=O) groups is 1. The van der Waals surface area contributed by atoms with Gasteiger partial charge in [-0.3, -0.25) is 9.36 Å². The number of carbonyl (C=O) groups excluding carboxylic acids is 1. The molecule has 1 atom stereocenters. The van der Waals surface area contributed by atoms with Gasteiger partial charge in [0.05, 0.1) is 19.8 Å². The second-order valence-corrected chi connectivity index (χ2v) is 6.20. The quantitative estimate of drug-likeness (QED) is 0.831. The van der Waals surface area contributed by atoms with Crippen molar-refractivity contribution < 1.29 is 14.6 Å². The topological polar surface area (TPSA) is 84.7 Å². The maximum Gasteiger partial charge on any atom is 0.347 e. The summed E-state index contributed by atoms with van der Waals surface area (Å²) in [5.41, 5.74) is -0.244. The predicted molar refractivity (Wildman–Crippen MR) is 91.0 cm³/mol. The van der Waals surface area contributed by atoms with Gasteiger partial charge in [0.15, 0.2) is 0 Å². The van der Waals surface area contributed by atoms with Gasteiger partial charge in [-0.1, -0.05) is 30.3 Å². The van der Waals surface area contributed by atoms with Gasteiger partial charge in [-0.05, 0) is 11.6 Å². The molecule has 0 bridgehead atoms. The van der Waals surface area contributed by atoms with Crippen molar-refractivity contribution in [1.29, 1.82) is 0 Å². The summed E-state index contributed by atoms with van der Waals surface area (Å²) in [5, 5.41) is 9.91. The number of ether oxygens (including phenoxy) is 1. The zero-order valence-electron chi connectivity index (χ0n) is 13.9. The summed E-state index contributed by atoms with van der Waals surface area (Å²) in [5.74, 6) is -0.190. The molecule has 1 unspecified atom stereocenters. The van der Waals surface area contributed by atoms with Crippen molar-refractivity contribution in [3.8, 4) is 0 Å². The van der Waals surface area contributed by atoms with Crippen molar-refractivity contribution in [2.75, 3.05) is 26.3 Å². The maximum atomic E-state index is 12.6. The molecule has 1 amide bonds. The van der Waals surface area contributed by atoms with Crippen LogP contribution in [0.1, 0.15) is 5.56 Å². The standard InChI is InChI=1S/C18H21N3O4/c22-14-18(11-15-5-2-1-3-6-15)13-21(9-10-25-18)16(23)12-20-8-4-7-19-17(20)24/h1-8,22H,9-14H2. The molecule has 2 aromatic rings. The van der Waals surface area contributed by atoms with E-state index in [1.807, 2.05) is 30.3 Å². The minimum Gasteiger partial charge on any atom is -0.393 e. The zero-order chi connectivity index (χ0) is 17.7. The lowest BCUT2D eigenvalue weighted by atomic mass is 9.93. The molecule has 2 heterocycles. The Balaban J connectivity index is 1.71. The second-order valence-electron chi connectivity index (χ2n) is 6.20. The van der Waals surface area contributed by atoms with Crippen LogP contribution in [0.3, 0.4) is 0 Å². The van der Waals surface area contributed by atoms with Crippen LogP contribution in [0.25, 0.3) is 0 Å². The summed E-state index contributed by atoms with van der Waals surface area (Å²) >= 11 is 0. The van der Waals surface area contributed by atoms with Crippen molar-refractivity contribution in [2.45, 2.75) is 18.6 Å². The van der Waals surface area contributed by atoms with Crippen LogP contribution in [0.2, 0.25) is 0 Å². The van der Waals surface area contributed by atoms with Gasteiger partial charge >= 0.3 is 5.69 Å². The summed E-state index contributed by atoms with van der Waals surface area (Å²) in [6, 6.07) is 11.3. The second kappa shape index (κ2) is 7.58. The summed E-state index contributed by atoms with van der Waals surface area (Å²) < 4.78 is 7.12. The van der Waals surface area contributed by atoms with Gasteiger partial charge in [-0.25, -0.2) is 9.78 Å². The van der Waals surface area contributed by atoms with Crippen LogP contribution in [0.5, 0.6) is 0 Å². The first-order valence-electron chi connectivity index (χ1n) is 8.20. The average molecular weight is 343 g/mol. The molecule has 132 valence electrons. The van der Waals surface area contributed by atoms with Crippen molar-refractivity contribution in [2.24, 2.45) is 0 Å². The molecule has 7 nitrogen and oxygen atoms in total. The van der Waals surface area contributed by atoms with E-state index >= 15 is 0 Å². The van der Waals surface area contributed by atoms with E-state index in [4.69, 9.17) is 4.74 Å². The van der Waals surface area contributed by atoms with Gasteiger partial charge in [-0.15, -0.1) is 0 Å². The first-order chi connectivity index (χ1) is 12.1. The molecule has 1 fully saturated rings. The Kier molecular flexibility index (Phi) is 5.25. The molecule has 0 radical (unpaired) electrons. The monoisotopic (exact) mass is 343 g/mol. The number of aliphatic hydroxyl groups is 1. The number of rotatable bonds is 5. The Morgan fingerprint density at radius 1 is 1.28 bits per heavy atom. The number of morpholine rings is 1. The van der Waals surface area contributed by atoms with E-state index in [1.54, 1.807) is 11.0 Å². The predicted octanol–water partition coefficient (Wildman–Crippen LogP) is 0.0759. The largest absolute Gasteiger partial charge is 0.393 e. The van der Waals surface area contributed by atoms with E-state index in [-0.39, 0.29) is 25.6 Å².